The number of rotatable bonds is 10. The number of nitrogens with one attached hydrogen (secondary N) is 2. The van der Waals surface area contributed by atoms with Gasteiger partial charge in [-0.15, -0.1) is 0 Å². The van der Waals surface area contributed by atoms with Crippen molar-refractivity contribution < 1.29 is 24.0 Å². The van der Waals surface area contributed by atoms with Crippen LogP contribution in [-0.4, -0.2) is 59.0 Å². The molecule has 0 aromatic carbocycles. The first kappa shape index (κ1) is 28.1. The number of fused-ring (bicyclic) bond motifs is 1. The van der Waals surface area contributed by atoms with Crippen LogP contribution in [-0.2, 0) is 19.2 Å². The molecule has 1 unspecified atom stereocenters. The van der Waals surface area contributed by atoms with Gasteiger partial charge in [-0.1, -0.05) is 53.9 Å². The van der Waals surface area contributed by atoms with Gasteiger partial charge in [0.05, 0.1) is 6.04 Å². The van der Waals surface area contributed by atoms with Crippen LogP contribution in [0, 0.1) is 34.5 Å². The van der Waals surface area contributed by atoms with Crippen molar-refractivity contribution in [2.75, 3.05) is 6.54 Å². The Labute approximate surface area is 214 Å². The molecule has 2 aliphatic carbocycles. The van der Waals surface area contributed by atoms with E-state index in [1.807, 2.05) is 34.6 Å². The molecule has 9 nitrogen and oxygen atoms in total. The minimum atomic E-state index is -1.01. The number of Topliss-reactive ketones (excluding diaryl/α,β-unsaturated/α-hetero) is 2. The summed E-state index contributed by atoms with van der Waals surface area (Å²) in [6.45, 7) is 13.9. The molecule has 4 amide bonds. The van der Waals surface area contributed by atoms with Crippen molar-refractivity contribution >= 4 is 29.4 Å². The molecule has 5 atom stereocenters. The molecular weight excluding hydrogens is 460 g/mol. The predicted molar refractivity (Wildman–Crippen MR) is 136 cm³/mol. The van der Waals surface area contributed by atoms with Gasteiger partial charge in [0.15, 0.2) is 5.78 Å². The van der Waals surface area contributed by atoms with Crippen molar-refractivity contribution in [1.29, 1.82) is 0 Å². The monoisotopic (exact) mass is 504 g/mol. The maximum Gasteiger partial charge on any atom is 0.315 e. The minimum absolute atomic E-state index is 0.00732. The van der Waals surface area contributed by atoms with Crippen LogP contribution in [0.1, 0.15) is 80.6 Å². The first-order valence-corrected chi connectivity index (χ1v) is 13.3. The third kappa shape index (κ3) is 5.75. The second kappa shape index (κ2) is 10.1. The Morgan fingerprint density at radius 2 is 1.67 bits per heavy atom. The van der Waals surface area contributed by atoms with Crippen molar-refractivity contribution in [3.8, 4) is 0 Å². The van der Waals surface area contributed by atoms with Crippen molar-refractivity contribution in [2.45, 2.75) is 98.7 Å². The molecule has 3 rings (SSSR count). The molecule has 0 aromatic heterocycles. The summed E-state index contributed by atoms with van der Waals surface area (Å²) in [5, 5.41) is 5.59. The van der Waals surface area contributed by atoms with Crippen LogP contribution in [0.4, 0.5) is 4.79 Å². The molecule has 0 aromatic rings. The maximum absolute atomic E-state index is 13.9. The Bertz CT molecular complexity index is 918. The second-order valence-corrected chi connectivity index (χ2v) is 13.1. The number of nitrogens with zero attached hydrogens (tertiary/aromatic N) is 1. The quantitative estimate of drug-likeness (QED) is 0.392. The SMILES string of the molecule is CC(C)NC(=O)N[C@H](C(=O)N1C[C@H]2[C@@H]([C@H]1C(=O)CC(CC1CCC1)C(=O)C(N)=O)C2(C)C)C(C)(C)C. The van der Waals surface area contributed by atoms with E-state index in [-0.39, 0.29) is 41.4 Å². The third-order valence-electron chi connectivity index (χ3n) is 8.53. The summed E-state index contributed by atoms with van der Waals surface area (Å²) >= 11 is 0. The fraction of sp³-hybridized carbons (Fsp3) is 0.815. The molecule has 0 bridgehead atoms. The number of hydrogen-bond donors (Lipinski definition) is 3. The summed E-state index contributed by atoms with van der Waals surface area (Å²) in [4.78, 5) is 66.0. The van der Waals surface area contributed by atoms with Crippen molar-refractivity contribution in [3.63, 3.8) is 0 Å². The zero-order chi connectivity index (χ0) is 27.2. The molecule has 1 heterocycles. The molecule has 202 valence electrons. The fourth-order valence-corrected chi connectivity index (χ4v) is 6.11. The highest BCUT2D eigenvalue weighted by molar-refractivity contribution is 6.36. The van der Waals surface area contributed by atoms with E-state index in [2.05, 4.69) is 24.5 Å². The molecule has 3 aliphatic rings. The average molecular weight is 505 g/mol. The number of primary amides is 1. The number of carbonyl (C=O) groups excluding carboxylic acids is 5. The fourth-order valence-electron chi connectivity index (χ4n) is 6.11. The molecule has 1 aliphatic heterocycles. The van der Waals surface area contributed by atoms with Gasteiger partial charge >= 0.3 is 6.03 Å². The Morgan fingerprint density at radius 3 is 2.14 bits per heavy atom. The van der Waals surface area contributed by atoms with Gasteiger partial charge < -0.3 is 21.3 Å². The lowest BCUT2D eigenvalue weighted by molar-refractivity contribution is -0.144. The van der Waals surface area contributed by atoms with E-state index in [0.29, 0.717) is 18.9 Å². The largest absolute Gasteiger partial charge is 0.363 e. The lowest BCUT2D eigenvalue weighted by Gasteiger charge is -2.38. The second-order valence-electron chi connectivity index (χ2n) is 13.1. The van der Waals surface area contributed by atoms with Gasteiger partial charge in [-0.2, -0.15) is 0 Å². The number of carbonyl (C=O) groups is 5. The van der Waals surface area contributed by atoms with Gasteiger partial charge in [0.2, 0.25) is 11.7 Å². The number of hydrogen-bond acceptors (Lipinski definition) is 5. The lowest BCUT2D eigenvalue weighted by atomic mass is 9.76. The van der Waals surface area contributed by atoms with Gasteiger partial charge in [-0.25, -0.2) is 4.79 Å². The van der Waals surface area contributed by atoms with Gasteiger partial charge in [0.25, 0.3) is 5.91 Å². The van der Waals surface area contributed by atoms with Crippen LogP contribution in [0.3, 0.4) is 0 Å². The van der Waals surface area contributed by atoms with E-state index in [0.717, 1.165) is 19.3 Å². The van der Waals surface area contributed by atoms with E-state index in [1.54, 1.807) is 4.90 Å². The van der Waals surface area contributed by atoms with E-state index < -0.39 is 41.1 Å². The molecule has 3 fully saturated rings. The number of ketones is 2. The van der Waals surface area contributed by atoms with E-state index in [1.165, 1.54) is 0 Å². The Morgan fingerprint density at radius 1 is 1.06 bits per heavy atom. The summed E-state index contributed by atoms with van der Waals surface area (Å²) in [5.41, 5.74) is 4.64. The molecule has 1 saturated heterocycles. The number of nitrogens with two attached hydrogens (primary N) is 1. The molecule has 0 radical (unpaired) electrons. The van der Waals surface area contributed by atoms with E-state index in [4.69, 9.17) is 5.73 Å². The molecule has 0 spiro atoms. The van der Waals surface area contributed by atoms with Crippen LogP contribution in [0.5, 0.6) is 0 Å². The first-order valence-electron chi connectivity index (χ1n) is 13.3. The van der Waals surface area contributed by atoms with Crippen molar-refractivity contribution in [2.24, 2.45) is 40.2 Å². The van der Waals surface area contributed by atoms with Gasteiger partial charge in [0, 0.05) is 24.9 Å². The summed E-state index contributed by atoms with van der Waals surface area (Å²) in [6, 6.07) is -2.03. The maximum atomic E-state index is 13.9. The van der Waals surface area contributed by atoms with Crippen molar-refractivity contribution in [3.05, 3.63) is 0 Å². The summed E-state index contributed by atoms with van der Waals surface area (Å²) in [6.07, 6.45) is 3.45. The van der Waals surface area contributed by atoms with E-state index >= 15 is 0 Å². The molecule has 2 saturated carbocycles. The third-order valence-corrected chi connectivity index (χ3v) is 8.53. The van der Waals surface area contributed by atoms with Crippen LogP contribution in [0.15, 0.2) is 0 Å². The Hall–Kier alpha value is -2.45. The first-order chi connectivity index (χ1) is 16.6. The van der Waals surface area contributed by atoms with E-state index in [9.17, 15) is 24.0 Å². The van der Waals surface area contributed by atoms with Gasteiger partial charge in [-0.3, -0.25) is 19.2 Å². The Balaban J connectivity index is 1.83. The topological polar surface area (TPSA) is 139 Å². The van der Waals surface area contributed by atoms with Crippen molar-refractivity contribution in [1.82, 2.24) is 15.5 Å². The highest BCUT2D eigenvalue weighted by Gasteiger charge is 2.69. The predicted octanol–water partition coefficient (Wildman–Crippen LogP) is 2.41. The summed E-state index contributed by atoms with van der Waals surface area (Å²) in [5.74, 6) is -2.44. The number of likely N-dealkylation sites (tertiary alicyclic amines) is 1. The standard InChI is InChI=1S/C27H44N4O5/c1-14(2)29-25(36)30-22(26(3,4)5)24(35)31-13-17-19(27(17,6)7)20(31)18(32)12-16(21(33)23(28)34)11-15-9-8-10-15/h14-17,19-20,22H,8-13H2,1-7H3,(H2,28,34)(H2,29,30,36)/t16?,17-,19-,20+,22+/m0/s1. The van der Waals surface area contributed by atoms with Gasteiger partial charge in [-0.05, 0) is 48.9 Å². The highest BCUT2D eigenvalue weighted by atomic mass is 16.2. The molecule has 36 heavy (non-hydrogen) atoms. The lowest BCUT2D eigenvalue weighted by Crippen LogP contribution is -2.60. The smallest absolute Gasteiger partial charge is 0.315 e. The van der Waals surface area contributed by atoms with Gasteiger partial charge in [0.1, 0.15) is 6.04 Å². The molecule has 9 heteroatoms. The highest BCUT2D eigenvalue weighted by Crippen LogP contribution is 2.65. The number of urea groups is 1. The summed E-state index contributed by atoms with van der Waals surface area (Å²) in [7, 11) is 0. The Kier molecular flexibility index (Phi) is 7.92. The molecule has 4 N–H and O–H groups in total. The zero-order valence-corrected chi connectivity index (χ0v) is 22.8. The number of piperidine rings is 1. The summed E-state index contributed by atoms with van der Waals surface area (Å²) < 4.78 is 0. The minimum Gasteiger partial charge on any atom is -0.363 e. The zero-order valence-electron chi connectivity index (χ0n) is 22.8. The number of amides is 4. The normalized spacial score (nSPS) is 26.4. The average Bonchev–Trinajstić information content (AvgIpc) is 3.06. The molecular formula is C27H44N4O5. The van der Waals surface area contributed by atoms with Crippen LogP contribution in [0.25, 0.3) is 0 Å². The van der Waals surface area contributed by atoms with Crippen LogP contribution >= 0.6 is 0 Å². The van der Waals surface area contributed by atoms with Crippen LogP contribution in [0.2, 0.25) is 0 Å². The van der Waals surface area contributed by atoms with Crippen LogP contribution < -0.4 is 16.4 Å².